The molecule has 0 N–H and O–H groups in total. The van der Waals surface area contributed by atoms with Gasteiger partial charge in [0, 0.05) is 25.2 Å². The Labute approximate surface area is 156 Å². The van der Waals surface area contributed by atoms with E-state index in [0.717, 1.165) is 17.7 Å². The van der Waals surface area contributed by atoms with Gasteiger partial charge in [0.05, 0.1) is 19.3 Å². The normalized spacial score (nSPS) is 19.9. The fraction of sp³-hybridized carbons (Fsp3) is 0.286. The predicted octanol–water partition coefficient (Wildman–Crippen LogP) is 3.86. The quantitative estimate of drug-likeness (QED) is 0.804. The van der Waals surface area contributed by atoms with Crippen molar-refractivity contribution < 1.29 is 18.3 Å². The zero-order valence-corrected chi connectivity index (χ0v) is 14.8. The summed E-state index contributed by atoms with van der Waals surface area (Å²) in [7, 11) is 0. The van der Waals surface area contributed by atoms with E-state index in [1.165, 1.54) is 6.07 Å². The Balaban J connectivity index is 1.69. The van der Waals surface area contributed by atoms with Gasteiger partial charge in [0.1, 0.15) is 11.6 Å². The zero-order chi connectivity index (χ0) is 18.8. The summed E-state index contributed by atoms with van der Waals surface area (Å²) in [5.74, 6) is -0.989. The molecule has 4 rings (SSSR count). The highest BCUT2D eigenvalue weighted by atomic mass is 19.1. The molecule has 6 heteroatoms. The van der Waals surface area contributed by atoms with Gasteiger partial charge in [-0.05, 0) is 29.3 Å². The van der Waals surface area contributed by atoms with Crippen molar-refractivity contribution >= 4 is 11.6 Å². The minimum absolute atomic E-state index is 0.116. The molecule has 0 aromatic heterocycles. The Morgan fingerprint density at radius 1 is 1.04 bits per heavy atom. The Bertz CT molecular complexity index is 864. The lowest BCUT2D eigenvalue weighted by Gasteiger charge is -2.34. The van der Waals surface area contributed by atoms with Crippen molar-refractivity contribution in [2.45, 2.75) is 6.04 Å². The van der Waals surface area contributed by atoms with Crippen molar-refractivity contribution in [2.75, 3.05) is 32.8 Å². The van der Waals surface area contributed by atoms with Gasteiger partial charge in [-0.25, -0.2) is 13.6 Å². The van der Waals surface area contributed by atoms with Crippen molar-refractivity contribution in [3.8, 4) is 0 Å². The molecule has 1 saturated heterocycles. The molecule has 0 bridgehead atoms. The highest BCUT2D eigenvalue weighted by Crippen LogP contribution is 2.36. The van der Waals surface area contributed by atoms with Crippen molar-refractivity contribution in [3.63, 3.8) is 0 Å². The van der Waals surface area contributed by atoms with E-state index in [4.69, 9.17) is 4.74 Å². The number of amides is 2. The molecule has 2 heterocycles. The highest BCUT2D eigenvalue weighted by Gasteiger charge is 2.34. The number of ether oxygens (including phenoxy) is 1. The third-order valence-corrected chi connectivity index (χ3v) is 4.98. The minimum atomic E-state index is -0.499. The summed E-state index contributed by atoms with van der Waals surface area (Å²) in [4.78, 5) is 16.6. The van der Waals surface area contributed by atoms with E-state index >= 15 is 0 Å². The number of nitrogens with zero attached hydrogens (tertiary/aromatic N) is 2. The molecule has 0 radical (unpaired) electrons. The number of morpholine rings is 1. The third-order valence-electron chi connectivity index (χ3n) is 4.98. The molecular formula is C21H20F2N2O2. The first kappa shape index (κ1) is 17.7. The molecular weight excluding hydrogens is 350 g/mol. The van der Waals surface area contributed by atoms with Crippen LogP contribution in [0.5, 0.6) is 0 Å². The maximum atomic E-state index is 14.3. The molecule has 1 fully saturated rings. The summed E-state index contributed by atoms with van der Waals surface area (Å²) in [6, 6.07) is 12.6. The highest BCUT2D eigenvalue weighted by molar-refractivity contribution is 5.82. The Kier molecular flexibility index (Phi) is 4.90. The molecule has 2 aromatic rings. The maximum absolute atomic E-state index is 14.3. The number of carbonyl (C=O) groups is 1. The van der Waals surface area contributed by atoms with Gasteiger partial charge in [-0.2, -0.15) is 0 Å². The molecule has 0 saturated carbocycles. The molecule has 0 aliphatic carbocycles. The van der Waals surface area contributed by atoms with Gasteiger partial charge >= 0.3 is 6.03 Å². The van der Waals surface area contributed by atoms with E-state index in [0.29, 0.717) is 31.9 Å². The average Bonchev–Trinajstić information content (AvgIpc) is 3.16. The van der Waals surface area contributed by atoms with Gasteiger partial charge in [-0.3, -0.25) is 0 Å². The van der Waals surface area contributed by atoms with Crippen molar-refractivity contribution in [2.24, 2.45) is 0 Å². The minimum Gasteiger partial charge on any atom is -0.378 e. The summed E-state index contributed by atoms with van der Waals surface area (Å²) in [6.07, 6.45) is 1.85. The lowest BCUT2D eigenvalue weighted by atomic mass is 10.0. The molecule has 27 heavy (non-hydrogen) atoms. The van der Waals surface area contributed by atoms with Crippen LogP contribution in [0.3, 0.4) is 0 Å². The van der Waals surface area contributed by atoms with Crippen LogP contribution in [-0.2, 0) is 4.74 Å². The third kappa shape index (κ3) is 3.57. The van der Waals surface area contributed by atoms with Gasteiger partial charge in [0.25, 0.3) is 0 Å². The van der Waals surface area contributed by atoms with E-state index in [9.17, 15) is 13.6 Å². The Morgan fingerprint density at radius 3 is 2.52 bits per heavy atom. The molecule has 140 valence electrons. The molecule has 1 atom stereocenters. The Morgan fingerprint density at radius 2 is 1.78 bits per heavy atom. The van der Waals surface area contributed by atoms with Crippen molar-refractivity contribution in [1.29, 1.82) is 0 Å². The summed E-state index contributed by atoms with van der Waals surface area (Å²) in [6.45, 7) is 2.31. The summed E-state index contributed by atoms with van der Waals surface area (Å²) in [5.41, 5.74) is 1.75. The summed E-state index contributed by atoms with van der Waals surface area (Å²) in [5, 5.41) is 0. The van der Waals surface area contributed by atoms with E-state index in [1.54, 1.807) is 9.80 Å². The van der Waals surface area contributed by atoms with Crippen LogP contribution in [0.4, 0.5) is 13.6 Å². The van der Waals surface area contributed by atoms with Crippen LogP contribution in [0, 0.1) is 11.6 Å². The van der Waals surface area contributed by atoms with Crippen LogP contribution in [-0.4, -0.2) is 48.7 Å². The number of hydrogen-bond donors (Lipinski definition) is 0. The van der Waals surface area contributed by atoms with Crippen molar-refractivity contribution in [1.82, 2.24) is 9.80 Å². The second-order valence-electron chi connectivity index (χ2n) is 6.68. The molecule has 4 nitrogen and oxygen atoms in total. The first-order valence-electron chi connectivity index (χ1n) is 8.98. The van der Waals surface area contributed by atoms with Crippen LogP contribution in [0.1, 0.15) is 17.2 Å². The predicted molar refractivity (Wildman–Crippen MR) is 98.0 cm³/mol. The van der Waals surface area contributed by atoms with Crippen LogP contribution < -0.4 is 0 Å². The molecule has 2 aromatic carbocycles. The lowest BCUT2D eigenvalue weighted by molar-refractivity contribution is 0.0430. The number of benzene rings is 2. The second-order valence-corrected chi connectivity index (χ2v) is 6.68. The van der Waals surface area contributed by atoms with Crippen LogP contribution in [0.25, 0.3) is 5.57 Å². The topological polar surface area (TPSA) is 32.8 Å². The van der Waals surface area contributed by atoms with E-state index in [1.807, 2.05) is 36.4 Å². The maximum Gasteiger partial charge on any atom is 0.321 e. The fourth-order valence-electron chi connectivity index (χ4n) is 3.58. The van der Waals surface area contributed by atoms with Gasteiger partial charge in [-0.15, -0.1) is 0 Å². The standard InChI is InChI=1S/C21H20F2N2O2/c22-17-6-7-19(23)18(13-17)16-12-20(15-4-2-1-3-5-15)25(14-16)21(26)24-8-10-27-11-9-24/h1-7,12-13,20H,8-11,14H2. The fourth-order valence-corrected chi connectivity index (χ4v) is 3.58. The van der Waals surface area contributed by atoms with Gasteiger partial charge in [0.2, 0.25) is 0 Å². The smallest absolute Gasteiger partial charge is 0.321 e. The second kappa shape index (κ2) is 7.48. The first-order valence-corrected chi connectivity index (χ1v) is 8.98. The Hall–Kier alpha value is -2.73. The van der Waals surface area contributed by atoms with E-state index in [-0.39, 0.29) is 24.2 Å². The van der Waals surface area contributed by atoms with Crippen LogP contribution in [0.15, 0.2) is 54.6 Å². The van der Waals surface area contributed by atoms with Gasteiger partial charge in [-0.1, -0.05) is 36.4 Å². The SMILES string of the molecule is O=C(N1CCOCC1)N1CC(c2cc(F)ccc2F)=CC1c1ccccc1. The summed E-state index contributed by atoms with van der Waals surface area (Å²) < 4.78 is 33.3. The number of carbonyl (C=O) groups excluding carboxylic acids is 1. The monoisotopic (exact) mass is 370 g/mol. The number of rotatable bonds is 2. The summed E-state index contributed by atoms with van der Waals surface area (Å²) >= 11 is 0. The van der Waals surface area contributed by atoms with Crippen molar-refractivity contribution in [3.05, 3.63) is 77.4 Å². The average molecular weight is 370 g/mol. The van der Waals surface area contributed by atoms with Crippen LogP contribution >= 0.6 is 0 Å². The molecule has 2 aliphatic heterocycles. The largest absolute Gasteiger partial charge is 0.378 e. The van der Waals surface area contributed by atoms with E-state index < -0.39 is 11.6 Å². The molecule has 1 unspecified atom stereocenters. The van der Waals surface area contributed by atoms with E-state index in [2.05, 4.69) is 0 Å². The first-order chi connectivity index (χ1) is 13.1. The molecule has 2 aliphatic rings. The number of halogens is 2. The van der Waals surface area contributed by atoms with Gasteiger partial charge in [0.15, 0.2) is 0 Å². The lowest BCUT2D eigenvalue weighted by Crippen LogP contribution is -2.48. The zero-order valence-electron chi connectivity index (χ0n) is 14.8. The number of hydrogen-bond acceptors (Lipinski definition) is 2. The molecule has 0 spiro atoms. The molecule has 2 amide bonds. The van der Waals surface area contributed by atoms with Crippen LogP contribution in [0.2, 0.25) is 0 Å². The number of urea groups is 1. The van der Waals surface area contributed by atoms with Gasteiger partial charge < -0.3 is 14.5 Å².